The minimum Gasteiger partial charge on any atom is -0.481 e. The summed E-state index contributed by atoms with van der Waals surface area (Å²) in [4.78, 5) is 67.4. The van der Waals surface area contributed by atoms with E-state index in [-0.39, 0.29) is 63.9 Å². The van der Waals surface area contributed by atoms with E-state index in [4.69, 9.17) is 9.47 Å². The van der Waals surface area contributed by atoms with Crippen LogP contribution >= 0.6 is 0 Å². The number of alkyl carbamates (subject to hydrolysis) is 1. The lowest BCUT2D eigenvalue weighted by Crippen LogP contribution is -2.67. The molecule has 0 aromatic carbocycles. The zero-order valence-corrected chi connectivity index (χ0v) is 36.4. The number of hydrogen-bond acceptors (Lipinski definition) is 7. The van der Waals surface area contributed by atoms with Crippen molar-refractivity contribution in [1.29, 1.82) is 0 Å². The molecule has 0 radical (unpaired) electrons. The summed E-state index contributed by atoms with van der Waals surface area (Å²) in [5.74, 6) is -0.283. The van der Waals surface area contributed by atoms with Gasteiger partial charge in [0, 0.05) is 24.9 Å². The first-order valence-corrected chi connectivity index (χ1v) is 21.5. The fourth-order valence-electron chi connectivity index (χ4n) is 13.4. The summed E-state index contributed by atoms with van der Waals surface area (Å²) in [5, 5.41) is 16.0. The zero-order valence-electron chi connectivity index (χ0n) is 36.4. The third-order valence-corrected chi connectivity index (χ3v) is 16.4. The number of Topliss-reactive ketones (excluding diaryl/α,β-unsaturated/α-hetero) is 1. The Labute approximate surface area is 335 Å². The van der Waals surface area contributed by atoms with Crippen LogP contribution in [0.15, 0.2) is 11.1 Å². The highest BCUT2D eigenvalue weighted by molar-refractivity contribution is 6.02. The van der Waals surface area contributed by atoms with Crippen LogP contribution in [0.25, 0.3) is 0 Å². The Morgan fingerprint density at radius 3 is 2.18 bits per heavy atom. The van der Waals surface area contributed by atoms with Gasteiger partial charge in [0.2, 0.25) is 0 Å². The fraction of sp³-hybridized carbons (Fsp3) is 0.844. The summed E-state index contributed by atoms with van der Waals surface area (Å²) in [7, 11) is 0. The second-order valence-electron chi connectivity index (χ2n) is 22.0. The van der Waals surface area contributed by atoms with E-state index in [9.17, 15) is 29.1 Å². The summed E-state index contributed by atoms with van der Waals surface area (Å²) in [6.07, 6.45) is 7.43. The molecule has 0 bridgehead atoms. The molecule has 3 N–H and O–H groups in total. The van der Waals surface area contributed by atoms with Gasteiger partial charge in [-0.2, -0.15) is 0 Å². The van der Waals surface area contributed by atoms with Gasteiger partial charge in [-0.25, -0.2) is 9.59 Å². The number of ether oxygens (including phenoxy) is 2. The van der Waals surface area contributed by atoms with Gasteiger partial charge in [0.15, 0.2) is 5.78 Å². The third kappa shape index (κ3) is 6.96. The lowest BCUT2D eigenvalue weighted by Gasteiger charge is -2.72. The Hall–Kier alpha value is -3.11. The number of fused-ring (bicyclic) bond motifs is 7. The van der Waals surface area contributed by atoms with E-state index in [0.29, 0.717) is 37.8 Å². The summed E-state index contributed by atoms with van der Waals surface area (Å²) < 4.78 is 11.6. The van der Waals surface area contributed by atoms with Crippen LogP contribution in [0.3, 0.4) is 0 Å². The van der Waals surface area contributed by atoms with Crippen LogP contribution in [0, 0.1) is 50.7 Å². The number of hydrogen-bond donors (Lipinski definition) is 3. The minimum absolute atomic E-state index is 0.00132. The molecular formula is C45H71N3O8. The maximum atomic E-state index is 14.2. The SMILES string of the molecule is CC(C)C1=C2C3CCC4C5(C)CC[C@H](OC(=O)CC(C)(C)C(=O)O)C(C)(C)C5CC[C@@]4(C)[C@]3(C)CC[C@@]2(NC(=O)N2CCC(NC(=O)OC(C)(C)C)C2)CC1=O. The maximum Gasteiger partial charge on any atom is 0.407 e. The Morgan fingerprint density at radius 1 is 0.875 bits per heavy atom. The van der Waals surface area contributed by atoms with Gasteiger partial charge in [0.25, 0.3) is 0 Å². The largest absolute Gasteiger partial charge is 0.481 e. The van der Waals surface area contributed by atoms with E-state index in [1.807, 2.05) is 20.8 Å². The molecule has 0 aromatic rings. The number of aliphatic carboxylic acids is 1. The van der Waals surface area contributed by atoms with Gasteiger partial charge in [-0.05, 0) is 143 Å². The molecule has 6 rings (SSSR count). The first-order valence-electron chi connectivity index (χ1n) is 21.5. The molecule has 6 aliphatic rings. The van der Waals surface area contributed by atoms with Crippen molar-refractivity contribution in [3.8, 4) is 0 Å². The van der Waals surface area contributed by atoms with Gasteiger partial charge in [-0.15, -0.1) is 0 Å². The topological polar surface area (TPSA) is 151 Å². The van der Waals surface area contributed by atoms with Crippen LogP contribution in [0.4, 0.5) is 9.59 Å². The summed E-state index contributed by atoms with van der Waals surface area (Å²) in [6, 6.07) is -0.367. The first-order chi connectivity index (χ1) is 25.7. The lowest BCUT2D eigenvalue weighted by molar-refractivity contribution is -0.232. The molecule has 0 aromatic heterocycles. The minimum atomic E-state index is -1.18. The average Bonchev–Trinajstić information content (AvgIpc) is 3.63. The Balaban J connectivity index is 1.23. The Bertz CT molecular complexity index is 1680. The van der Waals surface area contributed by atoms with Gasteiger partial charge in [-0.3, -0.25) is 14.4 Å². The molecule has 9 atom stereocenters. The number of likely N-dealkylation sites (tertiary alicyclic amines) is 1. The summed E-state index contributed by atoms with van der Waals surface area (Å²) in [5.41, 5.74) is -0.721. The molecule has 1 saturated heterocycles. The van der Waals surface area contributed by atoms with Crippen LogP contribution in [0.1, 0.15) is 154 Å². The molecular weight excluding hydrogens is 711 g/mol. The summed E-state index contributed by atoms with van der Waals surface area (Å²) >= 11 is 0. The second kappa shape index (κ2) is 14.0. The number of ketones is 1. The quantitative estimate of drug-likeness (QED) is 0.218. The molecule has 1 aliphatic heterocycles. The number of allylic oxidation sites excluding steroid dienone is 1. The fourth-order valence-corrected chi connectivity index (χ4v) is 13.4. The van der Waals surface area contributed by atoms with Gasteiger partial charge in [0.05, 0.1) is 23.4 Å². The van der Waals surface area contributed by atoms with E-state index >= 15 is 0 Å². The van der Waals surface area contributed by atoms with Crippen molar-refractivity contribution in [3.05, 3.63) is 11.1 Å². The highest BCUT2D eigenvalue weighted by Crippen LogP contribution is 2.76. The van der Waals surface area contributed by atoms with Crippen molar-refractivity contribution < 1.29 is 38.6 Å². The van der Waals surface area contributed by atoms with Crippen LogP contribution in [-0.4, -0.2) is 76.2 Å². The second-order valence-corrected chi connectivity index (χ2v) is 22.0. The number of carbonyl (C=O) groups is 5. The molecule has 1 heterocycles. The summed E-state index contributed by atoms with van der Waals surface area (Å²) in [6.45, 7) is 25.8. The van der Waals surface area contributed by atoms with E-state index in [0.717, 1.165) is 56.9 Å². The zero-order chi connectivity index (χ0) is 41.6. The van der Waals surface area contributed by atoms with Crippen molar-refractivity contribution in [2.75, 3.05) is 13.1 Å². The predicted octanol–water partition coefficient (Wildman–Crippen LogP) is 8.44. The number of esters is 1. The molecule has 5 unspecified atom stereocenters. The first kappa shape index (κ1) is 42.5. The average molecular weight is 782 g/mol. The highest BCUT2D eigenvalue weighted by atomic mass is 16.6. The normalized spacial score (nSPS) is 37.9. The Morgan fingerprint density at radius 2 is 1.55 bits per heavy atom. The predicted molar refractivity (Wildman–Crippen MR) is 214 cm³/mol. The molecule has 5 aliphatic carbocycles. The van der Waals surface area contributed by atoms with Crippen molar-refractivity contribution in [2.45, 2.75) is 177 Å². The van der Waals surface area contributed by atoms with Gasteiger partial charge in [-0.1, -0.05) is 48.5 Å². The molecule has 11 nitrogen and oxygen atoms in total. The van der Waals surface area contributed by atoms with Crippen LogP contribution < -0.4 is 10.6 Å². The number of rotatable bonds is 7. The standard InChI is InChI=1S/C45H71N3O8/c1-26(2)34-29(49)23-45(47-37(53)48-22-17-27(25-48)46-38(54)56-39(3,4)5)21-20-43(11)28(35(34)45)13-14-31-42(10)18-16-32(55-33(50)24-40(6,7)36(51)52)41(8,9)30(42)15-19-44(31,43)12/h26-28,30-32H,13-25H2,1-12H3,(H,46,54)(H,47,53)(H,51,52)/t27?,28?,30?,31?,32-,42?,43+,44+,45+/m0/s1. The lowest BCUT2D eigenvalue weighted by atomic mass is 9.33. The maximum absolute atomic E-state index is 14.2. The number of carboxylic acids is 1. The number of nitrogens with zero attached hydrogens (tertiary/aromatic N) is 1. The number of urea groups is 1. The van der Waals surface area contributed by atoms with Crippen molar-refractivity contribution in [2.24, 2.45) is 50.7 Å². The van der Waals surface area contributed by atoms with Gasteiger partial charge < -0.3 is 30.1 Å². The van der Waals surface area contributed by atoms with E-state index in [1.165, 1.54) is 5.57 Å². The van der Waals surface area contributed by atoms with Gasteiger partial charge >= 0.3 is 24.1 Å². The van der Waals surface area contributed by atoms with Crippen LogP contribution in [0.5, 0.6) is 0 Å². The number of nitrogens with one attached hydrogen (secondary N) is 2. The molecule has 5 fully saturated rings. The van der Waals surface area contributed by atoms with Crippen molar-refractivity contribution in [1.82, 2.24) is 15.5 Å². The number of carboxylic acid groups (broad SMARTS) is 1. The number of carbonyl (C=O) groups excluding carboxylic acids is 4. The molecule has 56 heavy (non-hydrogen) atoms. The van der Waals surface area contributed by atoms with E-state index < -0.39 is 34.6 Å². The van der Waals surface area contributed by atoms with E-state index in [1.54, 1.807) is 18.7 Å². The third-order valence-electron chi connectivity index (χ3n) is 16.4. The highest BCUT2D eigenvalue weighted by Gasteiger charge is 2.70. The molecule has 314 valence electrons. The molecule has 0 spiro atoms. The van der Waals surface area contributed by atoms with Crippen LogP contribution in [0.2, 0.25) is 0 Å². The van der Waals surface area contributed by atoms with Gasteiger partial charge in [0.1, 0.15) is 11.7 Å². The number of amides is 3. The monoisotopic (exact) mass is 782 g/mol. The van der Waals surface area contributed by atoms with E-state index in [2.05, 4.69) is 59.1 Å². The Kier molecular flexibility index (Phi) is 10.6. The smallest absolute Gasteiger partial charge is 0.407 e. The molecule has 11 heteroatoms. The molecule has 3 amide bonds. The molecule has 4 saturated carbocycles. The van der Waals surface area contributed by atoms with Crippen LogP contribution in [-0.2, 0) is 23.9 Å². The van der Waals surface area contributed by atoms with Crippen molar-refractivity contribution >= 4 is 29.8 Å². The van der Waals surface area contributed by atoms with Crippen molar-refractivity contribution in [3.63, 3.8) is 0 Å².